The van der Waals surface area contributed by atoms with Crippen LogP contribution in [0.15, 0.2) is 4.52 Å². The van der Waals surface area contributed by atoms with Crippen molar-refractivity contribution in [3.8, 4) is 0 Å². The Morgan fingerprint density at radius 3 is 2.94 bits per heavy atom. The van der Waals surface area contributed by atoms with Gasteiger partial charge in [0, 0.05) is 19.1 Å². The van der Waals surface area contributed by atoms with E-state index < -0.39 is 0 Å². The highest BCUT2D eigenvalue weighted by Crippen LogP contribution is 2.22. The summed E-state index contributed by atoms with van der Waals surface area (Å²) in [6, 6.07) is 0.0380. The minimum atomic E-state index is 0.0380. The topological polar surface area (TPSA) is 74.2 Å². The molecule has 2 rings (SSSR count). The van der Waals surface area contributed by atoms with E-state index in [4.69, 9.17) is 15.0 Å². The van der Waals surface area contributed by atoms with Crippen molar-refractivity contribution in [2.24, 2.45) is 5.73 Å². The van der Waals surface area contributed by atoms with Gasteiger partial charge >= 0.3 is 0 Å². The highest BCUT2D eigenvalue weighted by atomic mass is 16.5. The first-order chi connectivity index (χ1) is 8.20. The zero-order valence-electron chi connectivity index (χ0n) is 10.6. The van der Waals surface area contributed by atoms with Crippen LogP contribution < -0.4 is 5.73 Å². The summed E-state index contributed by atoms with van der Waals surface area (Å²) in [5.74, 6) is 1.56. The average Bonchev–Trinajstić information content (AvgIpc) is 2.91. The largest absolute Gasteiger partial charge is 0.378 e. The molecule has 0 aliphatic carbocycles. The third kappa shape index (κ3) is 3.04. The molecule has 0 amide bonds. The van der Waals surface area contributed by atoms with E-state index in [9.17, 15) is 0 Å². The molecular formula is C12H21N3O2. The molecule has 0 aromatic carbocycles. The van der Waals surface area contributed by atoms with Gasteiger partial charge in [-0.1, -0.05) is 12.1 Å². The predicted octanol–water partition coefficient (Wildman–Crippen LogP) is 1.63. The fourth-order valence-corrected chi connectivity index (χ4v) is 2.28. The summed E-state index contributed by atoms with van der Waals surface area (Å²) < 4.78 is 10.8. The molecule has 2 heterocycles. The lowest BCUT2D eigenvalue weighted by Gasteiger charge is -2.13. The minimum Gasteiger partial charge on any atom is -0.378 e. The van der Waals surface area contributed by atoms with Crippen molar-refractivity contribution in [1.29, 1.82) is 0 Å². The molecule has 0 saturated carbocycles. The molecule has 17 heavy (non-hydrogen) atoms. The number of nitrogens with zero attached hydrogens (tertiary/aromatic N) is 2. The zero-order valence-corrected chi connectivity index (χ0v) is 10.6. The Morgan fingerprint density at radius 2 is 2.35 bits per heavy atom. The molecule has 1 aromatic rings. The van der Waals surface area contributed by atoms with Crippen molar-refractivity contribution in [1.82, 2.24) is 10.1 Å². The van der Waals surface area contributed by atoms with Crippen LogP contribution in [-0.4, -0.2) is 28.9 Å². The van der Waals surface area contributed by atoms with Gasteiger partial charge in [0.2, 0.25) is 5.89 Å². The zero-order chi connectivity index (χ0) is 12.3. The van der Waals surface area contributed by atoms with Gasteiger partial charge in [-0.2, -0.15) is 4.98 Å². The number of hydrogen-bond donors (Lipinski definition) is 1. The smallest absolute Gasteiger partial charge is 0.231 e. The maximum atomic E-state index is 5.90. The Hall–Kier alpha value is -0.940. The molecule has 1 aromatic heterocycles. The lowest BCUT2D eigenvalue weighted by Crippen LogP contribution is -2.24. The molecule has 3 unspecified atom stereocenters. The van der Waals surface area contributed by atoms with E-state index in [0.29, 0.717) is 5.89 Å². The number of hydrogen-bond acceptors (Lipinski definition) is 5. The monoisotopic (exact) mass is 239 g/mol. The van der Waals surface area contributed by atoms with Crippen LogP contribution in [0.1, 0.15) is 50.7 Å². The second kappa shape index (κ2) is 5.60. The van der Waals surface area contributed by atoms with E-state index in [0.717, 1.165) is 38.1 Å². The van der Waals surface area contributed by atoms with Crippen molar-refractivity contribution < 1.29 is 9.26 Å². The first kappa shape index (κ1) is 12.5. The number of nitrogens with two attached hydrogens (primary N) is 1. The number of ether oxygens (including phenoxy) is 1. The summed E-state index contributed by atoms with van der Waals surface area (Å²) in [5.41, 5.74) is 5.90. The average molecular weight is 239 g/mol. The van der Waals surface area contributed by atoms with E-state index in [1.165, 1.54) is 0 Å². The Balaban J connectivity index is 1.99. The first-order valence-electron chi connectivity index (χ1n) is 6.40. The SMILES string of the molecule is CCC(c1nc(CC2CCCO2)no1)C(C)N. The van der Waals surface area contributed by atoms with Crippen LogP contribution in [-0.2, 0) is 11.2 Å². The quantitative estimate of drug-likeness (QED) is 0.845. The molecule has 1 saturated heterocycles. The van der Waals surface area contributed by atoms with Crippen LogP contribution in [0.5, 0.6) is 0 Å². The summed E-state index contributed by atoms with van der Waals surface area (Å²) in [6.07, 6.45) is 4.15. The van der Waals surface area contributed by atoms with Gasteiger partial charge in [-0.05, 0) is 26.2 Å². The van der Waals surface area contributed by atoms with E-state index >= 15 is 0 Å². The number of aromatic nitrogens is 2. The second-order valence-electron chi connectivity index (χ2n) is 4.76. The molecule has 0 bridgehead atoms. The van der Waals surface area contributed by atoms with Gasteiger partial charge in [-0.3, -0.25) is 0 Å². The van der Waals surface area contributed by atoms with Gasteiger partial charge in [0.05, 0.1) is 12.0 Å². The fourth-order valence-electron chi connectivity index (χ4n) is 2.28. The molecule has 0 radical (unpaired) electrons. The summed E-state index contributed by atoms with van der Waals surface area (Å²) >= 11 is 0. The molecule has 5 heteroatoms. The highest BCUT2D eigenvalue weighted by molar-refractivity contribution is 4.98. The molecule has 5 nitrogen and oxygen atoms in total. The molecule has 3 atom stereocenters. The van der Waals surface area contributed by atoms with Crippen LogP contribution in [0.3, 0.4) is 0 Å². The predicted molar refractivity (Wildman–Crippen MR) is 63.7 cm³/mol. The Morgan fingerprint density at radius 1 is 1.53 bits per heavy atom. The molecule has 96 valence electrons. The minimum absolute atomic E-state index is 0.0380. The molecular weight excluding hydrogens is 218 g/mol. The molecule has 2 N–H and O–H groups in total. The van der Waals surface area contributed by atoms with Crippen molar-refractivity contribution >= 4 is 0 Å². The van der Waals surface area contributed by atoms with Gasteiger partial charge in [0.15, 0.2) is 5.82 Å². The normalized spacial score (nSPS) is 23.8. The van der Waals surface area contributed by atoms with Crippen LogP contribution in [0, 0.1) is 0 Å². The standard InChI is InChI=1S/C12H21N3O2/c1-3-10(8(2)13)12-14-11(15-17-12)7-9-5-4-6-16-9/h8-10H,3-7,13H2,1-2H3. The summed E-state index contributed by atoms with van der Waals surface area (Å²) in [6.45, 7) is 4.91. The summed E-state index contributed by atoms with van der Waals surface area (Å²) in [7, 11) is 0. The van der Waals surface area contributed by atoms with Crippen LogP contribution in [0.25, 0.3) is 0 Å². The number of rotatable bonds is 5. The summed E-state index contributed by atoms with van der Waals surface area (Å²) in [5, 5.41) is 4.01. The van der Waals surface area contributed by atoms with Gasteiger partial charge in [0.1, 0.15) is 0 Å². The highest BCUT2D eigenvalue weighted by Gasteiger charge is 2.23. The van der Waals surface area contributed by atoms with E-state index in [2.05, 4.69) is 17.1 Å². The maximum Gasteiger partial charge on any atom is 0.231 e. The molecule has 1 aliphatic rings. The van der Waals surface area contributed by atoms with Crippen LogP contribution >= 0.6 is 0 Å². The Bertz CT molecular complexity index is 345. The van der Waals surface area contributed by atoms with E-state index in [1.807, 2.05) is 6.92 Å². The van der Waals surface area contributed by atoms with E-state index in [1.54, 1.807) is 0 Å². The van der Waals surface area contributed by atoms with Crippen molar-refractivity contribution in [2.75, 3.05) is 6.61 Å². The lowest BCUT2D eigenvalue weighted by molar-refractivity contribution is 0.109. The van der Waals surface area contributed by atoms with Gasteiger partial charge in [-0.15, -0.1) is 0 Å². The van der Waals surface area contributed by atoms with Crippen molar-refractivity contribution in [2.45, 2.75) is 57.6 Å². The lowest BCUT2D eigenvalue weighted by atomic mass is 9.99. The van der Waals surface area contributed by atoms with Gasteiger partial charge < -0.3 is 15.0 Å². The second-order valence-corrected chi connectivity index (χ2v) is 4.76. The molecule has 1 aliphatic heterocycles. The first-order valence-corrected chi connectivity index (χ1v) is 6.40. The Kier molecular flexibility index (Phi) is 4.12. The maximum absolute atomic E-state index is 5.90. The van der Waals surface area contributed by atoms with Crippen LogP contribution in [0.4, 0.5) is 0 Å². The van der Waals surface area contributed by atoms with Crippen molar-refractivity contribution in [3.05, 3.63) is 11.7 Å². The van der Waals surface area contributed by atoms with Crippen molar-refractivity contribution in [3.63, 3.8) is 0 Å². The van der Waals surface area contributed by atoms with Gasteiger partial charge in [0.25, 0.3) is 0 Å². The van der Waals surface area contributed by atoms with Crippen LogP contribution in [0.2, 0.25) is 0 Å². The van der Waals surface area contributed by atoms with Gasteiger partial charge in [-0.25, -0.2) is 0 Å². The molecule has 1 fully saturated rings. The fraction of sp³-hybridized carbons (Fsp3) is 0.833. The molecule has 0 spiro atoms. The third-order valence-electron chi connectivity index (χ3n) is 3.31. The summed E-state index contributed by atoms with van der Waals surface area (Å²) in [4.78, 5) is 4.43. The Labute approximate surface area is 102 Å². The van der Waals surface area contributed by atoms with E-state index in [-0.39, 0.29) is 18.1 Å². The third-order valence-corrected chi connectivity index (χ3v) is 3.31.